The minimum absolute atomic E-state index is 0.0559. The number of hydrogen-bond acceptors (Lipinski definition) is 5. The molecule has 1 heterocycles. The number of nitrogens with one attached hydrogen (secondary N) is 2. The molecule has 1 fully saturated rings. The van der Waals surface area contributed by atoms with Gasteiger partial charge in [-0.1, -0.05) is 29.8 Å². The fourth-order valence-corrected chi connectivity index (χ4v) is 4.40. The van der Waals surface area contributed by atoms with Gasteiger partial charge in [0, 0.05) is 48.6 Å². The molecule has 2 aromatic carbocycles. The minimum atomic E-state index is -0.404. The number of anilines is 2. The highest BCUT2D eigenvalue weighted by atomic mass is 35.5. The van der Waals surface area contributed by atoms with Crippen molar-refractivity contribution in [1.29, 1.82) is 0 Å². The molecular weight excluding hydrogens is 429 g/mol. The van der Waals surface area contributed by atoms with Crippen molar-refractivity contribution < 1.29 is 9.18 Å². The molecule has 1 aromatic heterocycles. The lowest BCUT2D eigenvalue weighted by Crippen LogP contribution is -2.36. The zero-order chi connectivity index (χ0) is 22.7. The van der Waals surface area contributed by atoms with Crippen molar-refractivity contribution in [3.8, 4) is 0 Å². The lowest BCUT2D eigenvalue weighted by Gasteiger charge is -2.28. The van der Waals surface area contributed by atoms with Gasteiger partial charge in [-0.05, 0) is 49.9 Å². The van der Waals surface area contributed by atoms with Crippen LogP contribution in [-0.4, -0.2) is 36.0 Å². The normalized spacial score (nSPS) is 18.4. The standard InChI is InChI=1S/C24H27ClFN5O/c1-31(2)22-17-6-3-4-9-21(17)29-24(30-22)28-16-12-10-15(11-13-16)23(32)27-14-18-19(25)7-5-8-20(18)26/h3-9,15-16H,10-14H2,1-2H3,(H,27,32)(H,28,29,30). The largest absolute Gasteiger partial charge is 0.362 e. The number of hydrogen-bond donors (Lipinski definition) is 2. The van der Waals surface area contributed by atoms with Crippen molar-refractivity contribution in [2.75, 3.05) is 24.3 Å². The Bertz CT molecular complexity index is 1090. The molecular formula is C24H27ClFN5O. The Morgan fingerprint density at radius 1 is 1.09 bits per heavy atom. The fraction of sp³-hybridized carbons (Fsp3) is 0.375. The summed E-state index contributed by atoms with van der Waals surface area (Å²) < 4.78 is 13.9. The summed E-state index contributed by atoms with van der Waals surface area (Å²) in [5.41, 5.74) is 1.22. The van der Waals surface area contributed by atoms with Crippen LogP contribution in [-0.2, 0) is 11.3 Å². The lowest BCUT2D eigenvalue weighted by atomic mass is 9.85. The van der Waals surface area contributed by atoms with Crippen molar-refractivity contribution in [2.45, 2.75) is 38.3 Å². The number of rotatable bonds is 6. The van der Waals surface area contributed by atoms with E-state index in [0.717, 1.165) is 42.4 Å². The van der Waals surface area contributed by atoms with Crippen molar-refractivity contribution in [3.05, 3.63) is 58.9 Å². The molecule has 6 nitrogen and oxygen atoms in total. The first-order valence-electron chi connectivity index (χ1n) is 10.8. The first-order valence-corrected chi connectivity index (χ1v) is 11.2. The number of para-hydroxylation sites is 1. The molecule has 0 aliphatic heterocycles. The van der Waals surface area contributed by atoms with Crippen molar-refractivity contribution in [2.24, 2.45) is 5.92 Å². The van der Waals surface area contributed by atoms with Gasteiger partial charge in [-0.25, -0.2) is 9.37 Å². The first-order chi connectivity index (χ1) is 15.4. The maximum atomic E-state index is 13.9. The molecule has 0 bridgehead atoms. The van der Waals surface area contributed by atoms with Crippen LogP contribution in [0.3, 0.4) is 0 Å². The van der Waals surface area contributed by atoms with Gasteiger partial charge in [-0.2, -0.15) is 4.98 Å². The summed E-state index contributed by atoms with van der Waals surface area (Å²) in [6, 6.07) is 12.7. The number of carbonyl (C=O) groups is 1. The number of benzene rings is 2. The molecule has 3 aromatic rings. The zero-order valence-corrected chi connectivity index (χ0v) is 19.0. The number of halogens is 2. The number of amides is 1. The SMILES string of the molecule is CN(C)c1nc(NC2CCC(C(=O)NCc3c(F)cccc3Cl)CC2)nc2ccccc12. The van der Waals surface area contributed by atoms with E-state index in [1.807, 2.05) is 43.3 Å². The Labute approximate surface area is 192 Å². The molecule has 8 heteroatoms. The maximum Gasteiger partial charge on any atom is 0.225 e. The number of fused-ring (bicyclic) bond motifs is 1. The van der Waals surface area contributed by atoms with E-state index in [1.165, 1.54) is 6.07 Å². The van der Waals surface area contributed by atoms with Crippen LogP contribution in [0.2, 0.25) is 5.02 Å². The van der Waals surface area contributed by atoms with Crippen LogP contribution in [0.4, 0.5) is 16.2 Å². The van der Waals surface area contributed by atoms with Gasteiger partial charge < -0.3 is 15.5 Å². The molecule has 32 heavy (non-hydrogen) atoms. The Morgan fingerprint density at radius 3 is 2.56 bits per heavy atom. The smallest absolute Gasteiger partial charge is 0.225 e. The molecule has 1 aliphatic carbocycles. The van der Waals surface area contributed by atoms with E-state index in [-0.39, 0.29) is 24.4 Å². The third kappa shape index (κ3) is 4.93. The van der Waals surface area contributed by atoms with E-state index in [2.05, 4.69) is 15.6 Å². The van der Waals surface area contributed by atoms with Crippen molar-refractivity contribution >= 4 is 40.2 Å². The molecule has 168 valence electrons. The predicted molar refractivity (Wildman–Crippen MR) is 126 cm³/mol. The van der Waals surface area contributed by atoms with E-state index >= 15 is 0 Å². The zero-order valence-electron chi connectivity index (χ0n) is 18.2. The fourth-order valence-electron chi connectivity index (χ4n) is 4.17. The highest BCUT2D eigenvalue weighted by Crippen LogP contribution is 2.29. The van der Waals surface area contributed by atoms with E-state index < -0.39 is 5.82 Å². The van der Waals surface area contributed by atoms with Gasteiger partial charge in [0.25, 0.3) is 0 Å². The Balaban J connectivity index is 1.34. The summed E-state index contributed by atoms with van der Waals surface area (Å²) in [4.78, 5) is 24.0. The Morgan fingerprint density at radius 2 is 1.84 bits per heavy atom. The minimum Gasteiger partial charge on any atom is -0.362 e. The molecule has 0 saturated heterocycles. The molecule has 0 radical (unpaired) electrons. The average molecular weight is 456 g/mol. The molecule has 0 unspecified atom stereocenters. The van der Waals surface area contributed by atoms with Crippen LogP contribution < -0.4 is 15.5 Å². The molecule has 4 rings (SSSR count). The van der Waals surface area contributed by atoms with E-state index in [1.54, 1.807) is 12.1 Å². The number of aromatic nitrogens is 2. The van der Waals surface area contributed by atoms with Crippen molar-refractivity contribution in [1.82, 2.24) is 15.3 Å². The van der Waals surface area contributed by atoms with Crippen molar-refractivity contribution in [3.63, 3.8) is 0 Å². The second-order valence-electron chi connectivity index (χ2n) is 8.39. The number of nitrogens with zero attached hydrogens (tertiary/aromatic N) is 3. The maximum absolute atomic E-state index is 13.9. The van der Waals surface area contributed by atoms with Gasteiger partial charge >= 0.3 is 0 Å². The summed E-state index contributed by atoms with van der Waals surface area (Å²) in [6.45, 7) is 0.0980. The molecule has 2 N–H and O–H groups in total. The van der Waals surface area contributed by atoms with Gasteiger partial charge in [0.1, 0.15) is 11.6 Å². The summed E-state index contributed by atoms with van der Waals surface area (Å²) >= 11 is 6.05. The summed E-state index contributed by atoms with van der Waals surface area (Å²) in [7, 11) is 3.94. The molecule has 0 atom stereocenters. The van der Waals surface area contributed by atoms with Gasteiger partial charge in [0.15, 0.2) is 0 Å². The second kappa shape index (κ2) is 9.69. The topological polar surface area (TPSA) is 70.2 Å². The highest BCUT2D eigenvalue weighted by molar-refractivity contribution is 6.31. The predicted octanol–water partition coefficient (Wildman–Crippen LogP) is 4.78. The van der Waals surface area contributed by atoms with Gasteiger partial charge in [-0.15, -0.1) is 0 Å². The molecule has 1 amide bonds. The molecule has 1 aliphatic rings. The van der Waals surface area contributed by atoms with E-state index in [9.17, 15) is 9.18 Å². The summed E-state index contributed by atoms with van der Waals surface area (Å²) in [5.74, 6) is 0.929. The molecule has 0 spiro atoms. The van der Waals surface area contributed by atoms with Gasteiger partial charge in [0.05, 0.1) is 5.52 Å². The van der Waals surface area contributed by atoms with Crippen LogP contribution in [0.25, 0.3) is 10.9 Å². The lowest BCUT2D eigenvalue weighted by molar-refractivity contribution is -0.126. The van der Waals surface area contributed by atoms with Crippen LogP contribution in [0.1, 0.15) is 31.2 Å². The third-order valence-electron chi connectivity index (χ3n) is 5.94. The Hall–Kier alpha value is -2.93. The average Bonchev–Trinajstić information content (AvgIpc) is 2.78. The number of carbonyl (C=O) groups excluding carboxylic acids is 1. The summed E-state index contributed by atoms with van der Waals surface area (Å²) in [5, 5.41) is 7.63. The van der Waals surface area contributed by atoms with Gasteiger partial charge in [-0.3, -0.25) is 4.79 Å². The van der Waals surface area contributed by atoms with Crippen LogP contribution >= 0.6 is 11.6 Å². The van der Waals surface area contributed by atoms with Crippen LogP contribution in [0.15, 0.2) is 42.5 Å². The summed E-state index contributed by atoms with van der Waals surface area (Å²) in [6.07, 6.45) is 3.18. The van der Waals surface area contributed by atoms with Gasteiger partial charge in [0.2, 0.25) is 11.9 Å². The van der Waals surface area contributed by atoms with E-state index in [4.69, 9.17) is 16.6 Å². The van der Waals surface area contributed by atoms with E-state index in [0.29, 0.717) is 16.5 Å². The third-order valence-corrected chi connectivity index (χ3v) is 6.29. The quantitative estimate of drug-likeness (QED) is 0.560. The first kappa shape index (κ1) is 22.3. The monoisotopic (exact) mass is 455 g/mol. The second-order valence-corrected chi connectivity index (χ2v) is 8.80. The Kier molecular flexibility index (Phi) is 6.74. The van der Waals surface area contributed by atoms with Crippen LogP contribution in [0.5, 0.6) is 0 Å². The molecule has 1 saturated carbocycles. The highest BCUT2D eigenvalue weighted by Gasteiger charge is 2.27. The van der Waals surface area contributed by atoms with Crippen LogP contribution in [0, 0.1) is 11.7 Å².